The summed E-state index contributed by atoms with van der Waals surface area (Å²) in [5.41, 5.74) is 2.31. The molecule has 1 N–H and O–H groups in total. The monoisotopic (exact) mass is 390 g/mol. The molecular formula is C21H24F2N2O3. The fourth-order valence-corrected chi connectivity index (χ4v) is 2.71. The van der Waals surface area contributed by atoms with E-state index in [1.807, 2.05) is 38.1 Å². The van der Waals surface area contributed by atoms with Crippen LogP contribution in [0.1, 0.15) is 24.5 Å². The normalized spacial score (nSPS) is 10.6. The van der Waals surface area contributed by atoms with Crippen LogP contribution in [0, 0.1) is 6.92 Å². The molecule has 2 amide bonds. The number of aryl methyl sites for hydroxylation is 1. The van der Waals surface area contributed by atoms with E-state index < -0.39 is 6.61 Å². The van der Waals surface area contributed by atoms with Gasteiger partial charge in [0.2, 0.25) is 11.8 Å². The molecule has 0 unspecified atom stereocenters. The van der Waals surface area contributed by atoms with Crippen LogP contribution in [-0.4, -0.2) is 36.4 Å². The third-order valence-electron chi connectivity index (χ3n) is 4.10. The van der Waals surface area contributed by atoms with E-state index in [2.05, 4.69) is 10.1 Å². The van der Waals surface area contributed by atoms with Crippen molar-refractivity contribution < 1.29 is 23.1 Å². The number of rotatable bonds is 9. The van der Waals surface area contributed by atoms with Gasteiger partial charge in [0, 0.05) is 12.2 Å². The van der Waals surface area contributed by atoms with Crippen LogP contribution in [0.4, 0.5) is 14.5 Å². The molecule has 0 saturated heterocycles. The Morgan fingerprint density at radius 2 is 1.79 bits per heavy atom. The Hall–Kier alpha value is -2.96. The molecule has 150 valence electrons. The predicted octanol–water partition coefficient (Wildman–Crippen LogP) is 4.02. The van der Waals surface area contributed by atoms with E-state index in [4.69, 9.17) is 0 Å². The Bertz CT molecular complexity index is 794. The minimum atomic E-state index is -2.89. The first-order valence-electron chi connectivity index (χ1n) is 9.06. The molecule has 0 aliphatic rings. The summed E-state index contributed by atoms with van der Waals surface area (Å²) in [6.07, 6.45) is 0.789. The van der Waals surface area contributed by atoms with Crippen molar-refractivity contribution in [3.8, 4) is 5.75 Å². The zero-order valence-corrected chi connectivity index (χ0v) is 16.0. The van der Waals surface area contributed by atoms with Gasteiger partial charge in [-0.1, -0.05) is 37.3 Å². The molecule has 0 bridgehead atoms. The number of ether oxygens (including phenoxy) is 1. The van der Waals surface area contributed by atoms with Crippen molar-refractivity contribution >= 4 is 17.5 Å². The summed E-state index contributed by atoms with van der Waals surface area (Å²) in [5, 5.41) is 2.82. The highest BCUT2D eigenvalue weighted by Gasteiger charge is 2.17. The maximum absolute atomic E-state index is 12.6. The lowest BCUT2D eigenvalue weighted by Crippen LogP contribution is -2.39. The van der Waals surface area contributed by atoms with E-state index in [0.717, 1.165) is 5.56 Å². The van der Waals surface area contributed by atoms with Gasteiger partial charge in [-0.3, -0.25) is 9.59 Å². The van der Waals surface area contributed by atoms with Crippen molar-refractivity contribution in [2.45, 2.75) is 33.3 Å². The van der Waals surface area contributed by atoms with Gasteiger partial charge in [-0.25, -0.2) is 0 Å². The number of nitrogens with one attached hydrogen (secondary N) is 1. The zero-order valence-electron chi connectivity index (χ0n) is 16.0. The van der Waals surface area contributed by atoms with Gasteiger partial charge in [0.05, 0.1) is 13.0 Å². The minimum Gasteiger partial charge on any atom is -0.435 e. The number of anilines is 1. The number of halogens is 2. The number of carbonyl (C=O) groups is 2. The molecule has 0 aliphatic heterocycles. The third-order valence-corrected chi connectivity index (χ3v) is 4.10. The smallest absolute Gasteiger partial charge is 0.387 e. The summed E-state index contributed by atoms with van der Waals surface area (Å²) < 4.78 is 28.7. The average Bonchev–Trinajstić information content (AvgIpc) is 2.64. The summed E-state index contributed by atoms with van der Waals surface area (Å²) in [6, 6.07) is 13.3. The fraction of sp³-hybridized carbons (Fsp3) is 0.333. The highest BCUT2D eigenvalue weighted by atomic mass is 19.3. The molecule has 0 fully saturated rings. The molecular weight excluding hydrogens is 366 g/mol. The largest absolute Gasteiger partial charge is 0.435 e. The number of alkyl halides is 2. The first kappa shape index (κ1) is 21.3. The van der Waals surface area contributed by atoms with Crippen molar-refractivity contribution in [1.29, 1.82) is 0 Å². The number of para-hydroxylation sites is 1. The number of hydrogen-bond donors (Lipinski definition) is 1. The van der Waals surface area contributed by atoms with E-state index in [1.54, 1.807) is 12.1 Å². The quantitative estimate of drug-likeness (QED) is 0.704. The Labute approximate surface area is 163 Å². The first-order chi connectivity index (χ1) is 13.4. The summed E-state index contributed by atoms with van der Waals surface area (Å²) in [4.78, 5) is 26.5. The minimum absolute atomic E-state index is 0.0363. The maximum Gasteiger partial charge on any atom is 0.387 e. The SMILES string of the molecule is CCCN(CC(=O)Nc1ccccc1C)C(=O)Cc1ccc(OC(F)F)cc1. The zero-order chi connectivity index (χ0) is 20.5. The van der Waals surface area contributed by atoms with Gasteiger partial charge in [0.1, 0.15) is 5.75 Å². The molecule has 2 rings (SSSR count). The number of hydrogen-bond acceptors (Lipinski definition) is 3. The van der Waals surface area contributed by atoms with Gasteiger partial charge >= 0.3 is 6.61 Å². The van der Waals surface area contributed by atoms with Crippen molar-refractivity contribution in [3.05, 3.63) is 59.7 Å². The molecule has 2 aromatic carbocycles. The standard InChI is InChI=1S/C21H24F2N2O3/c1-3-12-25(14-19(26)24-18-7-5-4-6-15(18)2)20(27)13-16-8-10-17(11-9-16)28-21(22)23/h4-11,21H,3,12-14H2,1-2H3,(H,24,26). The van der Waals surface area contributed by atoms with E-state index in [1.165, 1.54) is 17.0 Å². The summed E-state index contributed by atoms with van der Waals surface area (Å²) in [6.45, 7) is 1.33. The predicted molar refractivity (Wildman–Crippen MR) is 103 cm³/mol. The highest BCUT2D eigenvalue weighted by Crippen LogP contribution is 2.16. The number of carbonyl (C=O) groups excluding carboxylic acids is 2. The third kappa shape index (κ3) is 6.64. The van der Waals surface area contributed by atoms with Crippen LogP contribution < -0.4 is 10.1 Å². The van der Waals surface area contributed by atoms with Gasteiger partial charge in [-0.15, -0.1) is 0 Å². The Morgan fingerprint density at radius 1 is 1.11 bits per heavy atom. The van der Waals surface area contributed by atoms with E-state index in [0.29, 0.717) is 24.2 Å². The molecule has 0 atom stereocenters. The van der Waals surface area contributed by atoms with Crippen molar-refractivity contribution in [1.82, 2.24) is 4.90 Å². The second-order valence-electron chi connectivity index (χ2n) is 6.38. The molecule has 5 nitrogen and oxygen atoms in total. The maximum atomic E-state index is 12.6. The Morgan fingerprint density at radius 3 is 2.39 bits per heavy atom. The lowest BCUT2D eigenvalue weighted by atomic mass is 10.1. The summed E-state index contributed by atoms with van der Waals surface area (Å²) >= 11 is 0. The van der Waals surface area contributed by atoms with E-state index >= 15 is 0 Å². The molecule has 0 aliphatic carbocycles. The van der Waals surface area contributed by atoms with Crippen LogP contribution >= 0.6 is 0 Å². The van der Waals surface area contributed by atoms with Crippen LogP contribution in [-0.2, 0) is 16.0 Å². The molecule has 7 heteroatoms. The lowest BCUT2D eigenvalue weighted by Gasteiger charge is -2.22. The second kappa shape index (κ2) is 10.4. The van der Waals surface area contributed by atoms with Gasteiger partial charge in [0.15, 0.2) is 0 Å². The van der Waals surface area contributed by atoms with Gasteiger partial charge in [0.25, 0.3) is 0 Å². The van der Waals surface area contributed by atoms with Gasteiger partial charge in [-0.05, 0) is 42.7 Å². The van der Waals surface area contributed by atoms with Crippen molar-refractivity contribution in [2.24, 2.45) is 0 Å². The summed E-state index contributed by atoms with van der Waals surface area (Å²) in [7, 11) is 0. The first-order valence-corrected chi connectivity index (χ1v) is 9.06. The van der Waals surface area contributed by atoms with Crippen LogP contribution in [0.15, 0.2) is 48.5 Å². The van der Waals surface area contributed by atoms with Crippen LogP contribution in [0.3, 0.4) is 0 Å². The van der Waals surface area contributed by atoms with Crippen molar-refractivity contribution in [3.63, 3.8) is 0 Å². The van der Waals surface area contributed by atoms with E-state index in [9.17, 15) is 18.4 Å². The molecule has 0 spiro atoms. The lowest BCUT2D eigenvalue weighted by molar-refractivity contribution is -0.134. The molecule has 2 aromatic rings. The Kier molecular flexibility index (Phi) is 7.92. The topological polar surface area (TPSA) is 58.6 Å². The molecule has 28 heavy (non-hydrogen) atoms. The van der Waals surface area contributed by atoms with Crippen LogP contribution in [0.2, 0.25) is 0 Å². The average molecular weight is 390 g/mol. The van der Waals surface area contributed by atoms with Crippen LogP contribution in [0.5, 0.6) is 5.75 Å². The molecule has 0 heterocycles. The summed E-state index contributed by atoms with van der Waals surface area (Å²) in [5.74, 6) is -0.435. The highest BCUT2D eigenvalue weighted by molar-refractivity contribution is 5.95. The molecule has 0 radical (unpaired) electrons. The van der Waals surface area contributed by atoms with Crippen LogP contribution in [0.25, 0.3) is 0 Å². The number of amides is 2. The molecule has 0 aromatic heterocycles. The van der Waals surface area contributed by atoms with Gasteiger partial charge in [-0.2, -0.15) is 8.78 Å². The van der Waals surface area contributed by atoms with Gasteiger partial charge < -0.3 is 15.0 Å². The Balaban J connectivity index is 1.97. The second-order valence-corrected chi connectivity index (χ2v) is 6.38. The van der Waals surface area contributed by atoms with E-state index in [-0.39, 0.29) is 30.5 Å². The number of benzene rings is 2. The number of nitrogens with zero attached hydrogens (tertiary/aromatic N) is 1. The fourth-order valence-electron chi connectivity index (χ4n) is 2.71. The molecule has 0 saturated carbocycles. The van der Waals surface area contributed by atoms with Crippen molar-refractivity contribution in [2.75, 3.05) is 18.4 Å².